The van der Waals surface area contributed by atoms with Crippen LogP contribution in [0.2, 0.25) is 5.02 Å². The Kier molecular flexibility index (Phi) is 4.61. The van der Waals surface area contributed by atoms with Gasteiger partial charge in [0.2, 0.25) is 0 Å². The molecule has 19 heavy (non-hydrogen) atoms. The van der Waals surface area contributed by atoms with E-state index < -0.39 is 0 Å². The fraction of sp³-hybridized carbons (Fsp3) is 0.133. The molecule has 0 fully saturated rings. The van der Waals surface area contributed by atoms with Crippen LogP contribution < -0.4 is 4.74 Å². The zero-order valence-electron chi connectivity index (χ0n) is 10.3. The lowest BCUT2D eigenvalue weighted by Crippen LogP contribution is -2.12. The van der Waals surface area contributed by atoms with Crippen molar-refractivity contribution in [3.63, 3.8) is 0 Å². The van der Waals surface area contributed by atoms with Gasteiger partial charge in [-0.3, -0.25) is 4.79 Å². The minimum absolute atomic E-state index is 0.0128. The Morgan fingerprint density at radius 2 is 2.05 bits per heavy atom. The van der Waals surface area contributed by atoms with Crippen molar-refractivity contribution in [1.82, 2.24) is 0 Å². The topological polar surface area (TPSA) is 26.3 Å². The van der Waals surface area contributed by atoms with E-state index in [1.807, 2.05) is 19.1 Å². The second-order valence-electron chi connectivity index (χ2n) is 4.13. The van der Waals surface area contributed by atoms with Crippen LogP contribution in [0.4, 0.5) is 0 Å². The quantitative estimate of drug-likeness (QED) is 0.757. The van der Waals surface area contributed by atoms with Gasteiger partial charge in [0.25, 0.3) is 0 Å². The predicted molar refractivity (Wildman–Crippen MR) is 80.2 cm³/mol. The van der Waals surface area contributed by atoms with E-state index in [1.165, 1.54) is 0 Å². The Bertz CT molecular complexity index is 611. The molecule has 2 rings (SSSR count). The normalized spacial score (nSPS) is 10.3. The van der Waals surface area contributed by atoms with E-state index in [0.717, 1.165) is 10.0 Å². The smallest absolute Gasteiger partial charge is 0.200 e. The second-order valence-corrected chi connectivity index (χ2v) is 5.48. The summed E-state index contributed by atoms with van der Waals surface area (Å²) in [5.74, 6) is 0.614. The van der Waals surface area contributed by atoms with Gasteiger partial charge in [-0.15, -0.1) is 0 Å². The zero-order valence-corrected chi connectivity index (χ0v) is 12.7. The number of hydrogen-bond donors (Lipinski definition) is 0. The van der Waals surface area contributed by atoms with Crippen molar-refractivity contribution < 1.29 is 9.53 Å². The Morgan fingerprint density at radius 3 is 2.74 bits per heavy atom. The maximum absolute atomic E-state index is 12.0. The van der Waals surface area contributed by atoms with Gasteiger partial charge in [0.1, 0.15) is 5.75 Å². The van der Waals surface area contributed by atoms with Gasteiger partial charge < -0.3 is 4.74 Å². The van der Waals surface area contributed by atoms with E-state index in [9.17, 15) is 4.79 Å². The SMILES string of the molecule is Cc1cc(Cl)ccc1OCC(=O)c1cccc(Br)c1. The monoisotopic (exact) mass is 338 g/mol. The molecule has 4 heteroatoms. The van der Waals surface area contributed by atoms with Crippen LogP contribution in [0.3, 0.4) is 0 Å². The summed E-state index contributed by atoms with van der Waals surface area (Å²) in [6.07, 6.45) is 0. The van der Waals surface area contributed by atoms with E-state index in [4.69, 9.17) is 16.3 Å². The van der Waals surface area contributed by atoms with Crippen LogP contribution in [0.1, 0.15) is 15.9 Å². The fourth-order valence-electron chi connectivity index (χ4n) is 1.66. The maximum Gasteiger partial charge on any atom is 0.200 e. The predicted octanol–water partition coefficient (Wildman–Crippen LogP) is 4.67. The van der Waals surface area contributed by atoms with Crippen LogP contribution in [-0.4, -0.2) is 12.4 Å². The summed E-state index contributed by atoms with van der Waals surface area (Å²) in [5.41, 5.74) is 1.54. The average molecular weight is 340 g/mol. The van der Waals surface area contributed by atoms with Gasteiger partial charge in [-0.05, 0) is 42.8 Å². The van der Waals surface area contributed by atoms with E-state index in [-0.39, 0.29) is 12.4 Å². The molecule has 0 aliphatic rings. The number of Topliss-reactive ketones (excluding diaryl/α,β-unsaturated/α-hetero) is 1. The largest absolute Gasteiger partial charge is 0.485 e. The molecule has 2 aromatic rings. The average Bonchev–Trinajstić information content (AvgIpc) is 2.37. The van der Waals surface area contributed by atoms with Crippen molar-refractivity contribution in [2.24, 2.45) is 0 Å². The summed E-state index contributed by atoms with van der Waals surface area (Å²) in [6, 6.07) is 12.6. The number of carbonyl (C=O) groups excluding carboxylic acids is 1. The number of benzene rings is 2. The standard InChI is InChI=1S/C15H12BrClO2/c1-10-7-13(17)5-6-15(10)19-9-14(18)11-3-2-4-12(16)8-11/h2-8H,9H2,1H3. The van der Waals surface area contributed by atoms with Gasteiger partial charge in [0, 0.05) is 15.1 Å². The fourth-order valence-corrected chi connectivity index (χ4v) is 2.29. The lowest BCUT2D eigenvalue weighted by Gasteiger charge is -2.08. The molecule has 0 spiro atoms. The van der Waals surface area contributed by atoms with Gasteiger partial charge in [-0.2, -0.15) is 0 Å². The molecule has 0 amide bonds. The van der Waals surface area contributed by atoms with Crippen molar-refractivity contribution >= 4 is 33.3 Å². The molecule has 2 aromatic carbocycles. The minimum Gasteiger partial charge on any atom is -0.485 e. The van der Waals surface area contributed by atoms with Crippen LogP contribution in [0.5, 0.6) is 5.75 Å². The third-order valence-electron chi connectivity index (χ3n) is 2.64. The van der Waals surface area contributed by atoms with Crippen LogP contribution in [-0.2, 0) is 0 Å². The third-order valence-corrected chi connectivity index (χ3v) is 3.37. The van der Waals surface area contributed by atoms with Crippen molar-refractivity contribution in [1.29, 1.82) is 0 Å². The summed E-state index contributed by atoms with van der Waals surface area (Å²) >= 11 is 9.20. The van der Waals surface area contributed by atoms with Crippen LogP contribution in [0.15, 0.2) is 46.9 Å². The molecular formula is C15H12BrClO2. The van der Waals surface area contributed by atoms with Crippen molar-refractivity contribution in [2.45, 2.75) is 6.92 Å². The first-order chi connectivity index (χ1) is 9.06. The molecule has 2 nitrogen and oxygen atoms in total. The summed E-state index contributed by atoms with van der Waals surface area (Å²) in [4.78, 5) is 12.0. The summed E-state index contributed by atoms with van der Waals surface area (Å²) < 4.78 is 6.40. The van der Waals surface area contributed by atoms with Crippen LogP contribution in [0.25, 0.3) is 0 Å². The molecule has 0 saturated carbocycles. The highest BCUT2D eigenvalue weighted by molar-refractivity contribution is 9.10. The number of ether oxygens (including phenoxy) is 1. The highest BCUT2D eigenvalue weighted by atomic mass is 79.9. The molecule has 0 aliphatic carbocycles. The molecule has 0 atom stereocenters. The maximum atomic E-state index is 12.0. The van der Waals surface area contributed by atoms with Crippen molar-refractivity contribution in [2.75, 3.05) is 6.61 Å². The van der Waals surface area contributed by atoms with Gasteiger partial charge in [-0.1, -0.05) is 39.7 Å². The molecule has 0 bridgehead atoms. The lowest BCUT2D eigenvalue weighted by molar-refractivity contribution is 0.0921. The van der Waals surface area contributed by atoms with E-state index >= 15 is 0 Å². The highest BCUT2D eigenvalue weighted by Gasteiger charge is 2.08. The molecular weight excluding hydrogens is 328 g/mol. The summed E-state index contributed by atoms with van der Waals surface area (Å²) in [6.45, 7) is 1.91. The van der Waals surface area contributed by atoms with Crippen molar-refractivity contribution in [3.05, 3.63) is 63.1 Å². The van der Waals surface area contributed by atoms with E-state index in [2.05, 4.69) is 15.9 Å². The van der Waals surface area contributed by atoms with E-state index in [0.29, 0.717) is 16.3 Å². The number of carbonyl (C=O) groups is 1. The van der Waals surface area contributed by atoms with Gasteiger partial charge in [0.15, 0.2) is 12.4 Å². The number of halogens is 2. The first-order valence-corrected chi connectivity index (χ1v) is 6.91. The van der Waals surface area contributed by atoms with Crippen LogP contribution in [0, 0.1) is 6.92 Å². The molecule has 0 N–H and O–H groups in total. The minimum atomic E-state index is -0.0596. The second kappa shape index (κ2) is 6.22. The molecule has 98 valence electrons. The summed E-state index contributed by atoms with van der Waals surface area (Å²) in [7, 11) is 0. The Balaban J connectivity index is 2.04. The Morgan fingerprint density at radius 1 is 1.26 bits per heavy atom. The molecule has 0 saturated heterocycles. The molecule has 0 radical (unpaired) electrons. The summed E-state index contributed by atoms with van der Waals surface area (Å²) in [5, 5.41) is 0.656. The Hall–Kier alpha value is -1.32. The van der Waals surface area contributed by atoms with Crippen molar-refractivity contribution in [3.8, 4) is 5.75 Å². The van der Waals surface area contributed by atoms with E-state index in [1.54, 1.807) is 30.3 Å². The van der Waals surface area contributed by atoms with Crippen LogP contribution >= 0.6 is 27.5 Å². The third kappa shape index (κ3) is 3.82. The number of rotatable bonds is 4. The molecule has 0 heterocycles. The molecule has 0 unspecified atom stereocenters. The molecule has 0 aromatic heterocycles. The molecule has 0 aliphatic heterocycles. The van der Waals surface area contributed by atoms with Gasteiger partial charge >= 0.3 is 0 Å². The number of hydrogen-bond acceptors (Lipinski definition) is 2. The number of ketones is 1. The Labute approximate surface area is 125 Å². The zero-order chi connectivity index (χ0) is 13.8. The first kappa shape index (κ1) is 14.1. The lowest BCUT2D eigenvalue weighted by atomic mass is 10.1. The first-order valence-electron chi connectivity index (χ1n) is 5.74. The van der Waals surface area contributed by atoms with Gasteiger partial charge in [0.05, 0.1) is 0 Å². The van der Waals surface area contributed by atoms with Gasteiger partial charge in [-0.25, -0.2) is 0 Å². The number of aryl methyl sites for hydroxylation is 1. The highest BCUT2D eigenvalue weighted by Crippen LogP contribution is 2.22.